The second kappa shape index (κ2) is 7.89. The van der Waals surface area contributed by atoms with Crippen LogP contribution in [0, 0.1) is 0 Å². The van der Waals surface area contributed by atoms with E-state index in [1.807, 2.05) is 18.4 Å². The van der Waals surface area contributed by atoms with Crippen LogP contribution in [0.25, 0.3) is 11.3 Å². The largest absolute Gasteiger partial charge is 0.508 e. The number of amides is 1. The number of rotatable bonds is 3. The zero-order valence-corrected chi connectivity index (χ0v) is 18.1. The first-order valence-corrected chi connectivity index (χ1v) is 11.7. The molecule has 6 nitrogen and oxygen atoms in total. The normalized spacial score (nSPS) is 14.9. The Morgan fingerprint density at radius 1 is 1.03 bits per heavy atom. The SMILES string of the molecule is CSc1nc2c(c(-c3ccc4c(c3)CCCN4C(=O)c3ccc(O)cc3O)n1)CCC2. The van der Waals surface area contributed by atoms with E-state index in [2.05, 4.69) is 11.1 Å². The van der Waals surface area contributed by atoms with Gasteiger partial charge in [-0.3, -0.25) is 4.79 Å². The van der Waals surface area contributed by atoms with Gasteiger partial charge >= 0.3 is 0 Å². The molecule has 5 rings (SSSR count). The van der Waals surface area contributed by atoms with Gasteiger partial charge in [0.2, 0.25) is 0 Å². The van der Waals surface area contributed by atoms with Crippen LogP contribution < -0.4 is 4.90 Å². The van der Waals surface area contributed by atoms with Crippen molar-refractivity contribution in [1.82, 2.24) is 9.97 Å². The van der Waals surface area contributed by atoms with Gasteiger partial charge in [-0.2, -0.15) is 0 Å². The maximum Gasteiger partial charge on any atom is 0.262 e. The topological polar surface area (TPSA) is 86.6 Å². The van der Waals surface area contributed by atoms with Crippen molar-refractivity contribution in [2.75, 3.05) is 17.7 Å². The number of benzene rings is 2. The number of nitrogens with zero attached hydrogens (tertiary/aromatic N) is 3. The number of carbonyl (C=O) groups excluding carboxylic acids is 1. The fraction of sp³-hybridized carbons (Fsp3) is 0.292. The molecule has 0 unspecified atom stereocenters. The summed E-state index contributed by atoms with van der Waals surface area (Å²) < 4.78 is 0. The molecule has 1 amide bonds. The third kappa shape index (κ3) is 3.53. The molecule has 1 aromatic heterocycles. The van der Waals surface area contributed by atoms with E-state index in [-0.39, 0.29) is 23.0 Å². The lowest BCUT2D eigenvalue weighted by Gasteiger charge is -2.30. The van der Waals surface area contributed by atoms with E-state index in [1.54, 1.807) is 16.7 Å². The first-order chi connectivity index (χ1) is 15.0. The predicted molar refractivity (Wildman–Crippen MR) is 121 cm³/mol. The number of fused-ring (bicyclic) bond motifs is 2. The molecule has 1 aliphatic heterocycles. The van der Waals surface area contributed by atoms with E-state index in [1.165, 1.54) is 23.8 Å². The van der Waals surface area contributed by atoms with Gasteiger partial charge in [-0.05, 0) is 68.2 Å². The summed E-state index contributed by atoms with van der Waals surface area (Å²) in [5.74, 6) is -0.548. The molecule has 0 radical (unpaired) electrons. The second-order valence-electron chi connectivity index (χ2n) is 7.94. The van der Waals surface area contributed by atoms with Gasteiger partial charge in [0.25, 0.3) is 5.91 Å². The summed E-state index contributed by atoms with van der Waals surface area (Å²) in [5, 5.41) is 20.5. The summed E-state index contributed by atoms with van der Waals surface area (Å²) in [5.41, 5.74) is 6.63. The van der Waals surface area contributed by atoms with Gasteiger partial charge < -0.3 is 15.1 Å². The maximum atomic E-state index is 13.1. The summed E-state index contributed by atoms with van der Waals surface area (Å²) in [4.78, 5) is 24.4. The molecule has 0 atom stereocenters. The van der Waals surface area contributed by atoms with Crippen molar-refractivity contribution in [3.05, 3.63) is 58.8 Å². The standard InChI is InChI=1S/C24H23N3O3S/c1-31-24-25-19-6-2-5-17(19)22(26-24)15-7-10-20-14(12-15)4-3-11-27(20)23(30)18-9-8-16(28)13-21(18)29/h7-10,12-13,28-29H,2-6,11H2,1H3. The minimum Gasteiger partial charge on any atom is -0.508 e. The molecule has 2 aromatic carbocycles. The molecular formula is C24H23N3O3S. The molecule has 0 fully saturated rings. The molecule has 3 aromatic rings. The number of hydrogen-bond donors (Lipinski definition) is 2. The summed E-state index contributed by atoms with van der Waals surface area (Å²) in [6.45, 7) is 0.588. The van der Waals surface area contributed by atoms with Crippen molar-refractivity contribution < 1.29 is 15.0 Å². The monoisotopic (exact) mass is 433 g/mol. The zero-order chi connectivity index (χ0) is 21.5. The Hall–Kier alpha value is -3.06. The number of aromatic nitrogens is 2. The number of anilines is 1. The molecule has 0 bridgehead atoms. The summed E-state index contributed by atoms with van der Waals surface area (Å²) >= 11 is 1.56. The van der Waals surface area contributed by atoms with Crippen LogP contribution in [0.1, 0.15) is 40.0 Å². The number of phenols is 2. The van der Waals surface area contributed by atoms with Crippen molar-refractivity contribution in [2.24, 2.45) is 0 Å². The summed E-state index contributed by atoms with van der Waals surface area (Å²) in [7, 11) is 0. The number of thioether (sulfide) groups is 1. The molecule has 0 saturated carbocycles. The average molecular weight is 434 g/mol. The summed E-state index contributed by atoms with van der Waals surface area (Å²) in [6.07, 6.45) is 6.84. The highest BCUT2D eigenvalue weighted by atomic mass is 32.2. The smallest absolute Gasteiger partial charge is 0.262 e. The van der Waals surface area contributed by atoms with Crippen LogP contribution in [-0.2, 0) is 19.3 Å². The van der Waals surface area contributed by atoms with E-state index in [0.29, 0.717) is 6.54 Å². The van der Waals surface area contributed by atoms with Crippen LogP contribution >= 0.6 is 11.8 Å². The Kier molecular flexibility index (Phi) is 5.06. The van der Waals surface area contributed by atoms with Crippen LogP contribution in [0.3, 0.4) is 0 Å². The van der Waals surface area contributed by atoms with Crippen LogP contribution in [0.2, 0.25) is 0 Å². The van der Waals surface area contributed by atoms with Gasteiger partial charge in [0.05, 0.1) is 11.3 Å². The molecule has 158 valence electrons. The molecular weight excluding hydrogens is 410 g/mol. The molecule has 0 saturated heterocycles. The maximum absolute atomic E-state index is 13.1. The highest BCUT2D eigenvalue weighted by Crippen LogP contribution is 2.37. The number of hydrogen-bond acceptors (Lipinski definition) is 6. The molecule has 2 heterocycles. The van der Waals surface area contributed by atoms with Crippen molar-refractivity contribution in [3.8, 4) is 22.8 Å². The third-order valence-electron chi connectivity index (χ3n) is 6.02. The van der Waals surface area contributed by atoms with E-state index in [4.69, 9.17) is 4.98 Å². The Labute approximate surface area is 185 Å². The first kappa shape index (κ1) is 19.9. The lowest BCUT2D eigenvalue weighted by molar-refractivity contribution is 0.0982. The minimum atomic E-state index is -0.265. The van der Waals surface area contributed by atoms with E-state index >= 15 is 0 Å². The van der Waals surface area contributed by atoms with Crippen molar-refractivity contribution in [3.63, 3.8) is 0 Å². The van der Waals surface area contributed by atoms with Crippen molar-refractivity contribution >= 4 is 23.4 Å². The molecule has 2 N–H and O–H groups in total. The molecule has 31 heavy (non-hydrogen) atoms. The number of phenolic OH excluding ortho intramolecular Hbond substituents is 2. The second-order valence-corrected chi connectivity index (χ2v) is 8.72. The van der Waals surface area contributed by atoms with E-state index in [9.17, 15) is 15.0 Å². The van der Waals surface area contributed by atoms with Crippen LogP contribution in [0.15, 0.2) is 41.6 Å². The quantitative estimate of drug-likeness (QED) is 0.472. The number of carbonyl (C=O) groups is 1. The highest BCUT2D eigenvalue weighted by molar-refractivity contribution is 7.98. The lowest BCUT2D eigenvalue weighted by atomic mass is 9.95. The molecule has 7 heteroatoms. The van der Waals surface area contributed by atoms with Crippen molar-refractivity contribution in [2.45, 2.75) is 37.3 Å². The van der Waals surface area contributed by atoms with Crippen LogP contribution in [0.5, 0.6) is 11.5 Å². The predicted octanol–water partition coefficient (Wildman–Crippen LogP) is 4.36. The summed E-state index contributed by atoms with van der Waals surface area (Å²) in [6, 6.07) is 10.2. The molecule has 0 spiro atoms. The van der Waals surface area contributed by atoms with Gasteiger partial charge in [0, 0.05) is 35.1 Å². The zero-order valence-electron chi connectivity index (χ0n) is 17.3. The van der Waals surface area contributed by atoms with Gasteiger partial charge in [0.15, 0.2) is 5.16 Å². The van der Waals surface area contributed by atoms with E-state index < -0.39 is 0 Å². The van der Waals surface area contributed by atoms with Crippen LogP contribution in [-0.4, -0.2) is 38.9 Å². The van der Waals surface area contributed by atoms with Crippen LogP contribution in [0.4, 0.5) is 5.69 Å². The van der Waals surface area contributed by atoms with Gasteiger partial charge in [-0.15, -0.1) is 0 Å². The minimum absolute atomic E-state index is 0.0697. The molecule has 1 aliphatic carbocycles. The number of aromatic hydroxyl groups is 2. The highest BCUT2D eigenvalue weighted by Gasteiger charge is 2.27. The third-order valence-corrected chi connectivity index (χ3v) is 6.57. The average Bonchev–Trinajstić information content (AvgIpc) is 3.26. The Morgan fingerprint density at radius 3 is 2.71 bits per heavy atom. The van der Waals surface area contributed by atoms with E-state index in [0.717, 1.165) is 65.5 Å². The van der Waals surface area contributed by atoms with Crippen molar-refractivity contribution in [1.29, 1.82) is 0 Å². The van der Waals surface area contributed by atoms with Gasteiger partial charge in [-0.1, -0.05) is 17.8 Å². The lowest BCUT2D eigenvalue weighted by Crippen LogP contribution is -2.35. The first-order valence-electron chi connectivity index (χ1n) is 10.5. The fourth-order valence-corrected chi connectivity index (χ4v) is 4.93. The Bertz CT molecular complexity index is 1190. The molecule has 2 aliphatic rings. The Morgan fingerprint density at radius 2 is 1.90 bits per heavy atom. The number of aryl methyl sites for hydroxylation is 2. The fourth-order valence-electron chi connectivity index (χ4n) is 4.54. The van der Waals surface area contributed by atoms with Gasteiger partial charge in [-0.25, -0.2) is 9.97 Å². The van der Waals surface area contributed by atoms with Gasteiger partial charge in [0.1, 0.15) is 11.5 Å². The Balaban J connectivity index is 1.53.